The van der Waals surface area contributed by atoms with Gasteiger partial charge in [-0.15, -0.1) is 0 Å². The van der Waals surface area contributed by atoms with E-state index in [1.807, 2.05) is 48.5 Å². The fourth-order valence-electron chi connectivity index (χ4n) is 3.59. The van der Waals surface area contributed by atoms with Crippen molar-refractivity contribution in [3.8, 4) is 0 Å². The molecule has 0 aliphatic heterocycles. The van der Waals surface area contributed by atoms with Crippen molar-refractivity contribution >= 4 is 45.3 Å². The Morgan fingerprint density at radius 3 is 1.32 bits per heavy atom. The van der Waals surface area contributed by atoms with Crippen LogP contribution in [0.15, 0.2) is 126 Å². The number of benzene rings is 4. The normalized spacial score (nSPS) is 11.0. The van der Waals surface area contributed by atoms with E-state index in [1.165, 1.54) is 18.7 Å². The number of thioether (sulfide) groups is 1. The van der Waals surface area contributed by atoms with Gasteiger partial charge in [0.25, 0.3) is 0 Å². The van der Waals surface area contributed by atoms with Crippen LogP contribution in [0.4, 0.5) is 0 Å². The first-order chi connectivity index (χ1) is 15.2. The third kappa shape index (κ3) is 4.54. The van der Waals surface area contributed by atoms with E-state index in [9.17, 15) is 4.79 Å². The van der Waals surface area contributed by atoms with Crippen LogP contribution in [-0.2, 0) is 9.53 Å². The van der Waals surface area contributed by atoms with Crippen molar-refractivity contribution in [2.45, 2.75) is 11.8 Å². The first kappa shape index (κ1) is 21.2. The number of hydrogen-bond acceptors (Lipinski definition) is 3. The van der Waals surface area contributed by atoms with Crippen LogP contribution >= 0.6 is 18.6 Å². The predicted molar refractivity (Wildman–Crippen MR) is 134 cm³/mol. The van der Waals surface area contributed by atoms with Crippen LogP contribution in [-0.4, -0.2) is 10.8 Å². The number of carbonyl (C=O) groups is 1. The van der Waals surface area contributed by atoms with Crippen LogP contribution in [0.3, 0.4) is 0 Å². The summed E-state index contributed by atoms with van der Waals surface area (Å²) < 4.78 is 6.07. The summed E-state index contributed by atoms with van der Waals surface area (Å²) in [6.45, 7) is -0.973. The van der Waals surface area contributed by atoms with Crippen LogP contribution in [0.5, 0.6) is 0 Å². The lowest BCUT2D eigenvalue weighted by molar-refractivity contribution is -0.132. The Labute approximate surface area is 187 Å². The quantitative estimate of drug-likeness (QED) is 0.227. The van der Waals surface area contributed by atoms with Crippen molar-refractivity contribution in [2.75, 3.05) is 0 Å². The van der Waals surface area contributed by atoms with Gasteiger partial charge in [0.05, 0.1) is 0 Å². The molecule has 4 rings (SSSR count). The minimum Gasteiger partial charge on any atom is -0.418 e. The molecule has 0 heterocycles. The fourth-order valence-corrected chi connectivity index (χ4v) is 9.71. The molecule has 4 aromatic carbocycles. The topological polar surface area (TPSA) is 26.3 Å². The molecule has 0 radical (unpaired) electrons. The average molecular weight is 443 g/mol. The first-order valence-electron chi connectivity index (χ1n) is 10.1. The molecule has 0 aliphatic carbocycles. The summed E-state index contributed by atoms with van der Waals surface area (Å²) in [4.78, 5) is 14.1. The molecule has 0 amide bonds. The molecule has 4 aromatic rings. The number of hydrogen-bond donors (Lipinski definition) is 0. The minimum absolute atomic E-state index is 0.314. The maximum absolute atomic E-state index is 12.3. The van der Waals surface area contributed by atoms with E-state index in [4.69, 9.17) is 4.74 Å². The van der Waals surface area contributed by atoms with Crippen molar-refractivity contribution in [1.82, 2.24) is 0 Å². The monoisotopic (exact) mass is 442 g/mol. The van der Waals surface area contributed by atoms with Gasteiger partial charge >= 0.3 is 5.97 Å². The third-order valence-electron chi connectivity index (χ3n) is 4.88. The van der Waals surface area contributed by atoms with Gasteiger partial charge in [0, 0.05) is 18.7 Å². The fraction of sp³-hybridized carbons (Fsp3) is 0.0370. The Kier molecular flexibility index (Phi) is 6.76. The van der Waals surface area contributed by atoms with Gasteiger partial charge in [0.15, 0.2) is 4.81 Å². The smallest absolute Gasteiger partial charge is 0.308 e. The molecule has 4 heteroatoms. The van der Waals surface area contributed by atoms with E-state index < -0.39 is 6.89 Å². The third-order valence-corrected chi connectivity index (χ3v) is 10.6. The van der Waals surface area contributed by atoms with Gasteiger partial charge in [0.2, 0.25) is 0 Å². The standard InChI is InChI=1S/C27H23O2PS/c1-22(28)29-27(31-26-20-12-5-13-21-26)30(23-14-6-2-7-15-23,24-16-8-3-9-17-24)25-18-10-4-11-19-25/h2-21H,1H3. The summed E-state index contributed by atoms with van der Waals surface area (Å²) in [5.74, 6) is -0.314. The summed E-state index contributed by atoms with van der Waals surface area (Å²) in [6, 6.07) is 41.3. The van der Waals surface area contributed by atoms with Crippen LogP contribution in [0.1, 0.15) is 6.92 Å². The number of esters is 1. The molecule has 0 fully saturated rings. The van der Waals surface area contributed by atoms with Crippen molar-refractivity contribution in [3.05, 3.63) is 121 Å². The highest BCUT2D eigenvalue weighted by Gasteiger charge is 2.32. The SMILES string of the molecule is CC(=O)OC(Sc1ccccc1)=P(c1ccccc1)(c1ccccc1)c1ccccc1. The van der Waals surface area contributed by atoms with Crippen LogP contribution < -0.4 is 15.9 Å². The van der Waals surface area contributed by atoms with E-state index in [-0.39, 0.29) is 5.97 Å². The zero-order valence-corrected chi connectivity index (χ0v) is 18.9. The highest BCUT2D eigenvalue weighted by Crippen LogP contribution is 2.50. The molecule has 0 atom stereocenters. The highest BCUT2D eigenvalue weighted by molar-refractivity contribution is 8.24. The molecule has 0 aliphatic rings. The van der Waals surface area contributed by atoms with Crippen LogP contribution in [0.2, 0.25) is 0 Å². The van der Waals surface area contributed by atoms with Gasteiger partial charge in [0.1, 0.15) is 0 Å². The summed E-state index contributed by atoms with van der Waals surface area (Å²) in [7, 11) is 0. The maximum atomic E-state index is 12.3. The maximum Gasteiger partial charge on any atom is 0.308 e. The lowest BCUT2D eigenvalue weighted by Crippen LogP contribution is -2.31. The molecule has 0 saturated heterocycles. The zero-order valence-electron chi connectivity index (χ0n) is 17.2. The highest BCUT2D eigenvalue weighted by atomic mass is 32.2. The van der Waals surface area contributed by atoms with Crippen LogP contribution in [0.25, 0.3) is 0 Å². The summed E-state index contributed by atoms with van der Waals surface area (Å²) in [6.07, 6.45) is 0. The molecular weight excluding hydrogens is 419 g/mol. The molecule has 31 heavy (non-hydrogen) atoms. The van der Waals surface area contributed by atoms with Crippen molar-refractivity contribution in [2.24, 2.45) is 0 Å². The number of rotatable bonds is 6. The lowest BCUT2D eigenvalue weighted by Gasteiger charge is -2.31. The number of carbonyl (C=O) groups excluding carboxylic acids is 1. The van der Waals surface area contributed by atoms with E-state index in [1.54, 1.807) is 0 Å². The molecule has 0 N–H and O–H groups in total. The van der Waals surface area contributed by atoms with Gasteiger partial charge in [-0.1, -0.05) is 121 Å². The Hall–Kier alpha value is -3.00. The van der Waals surface area contributed by atoms with Crippen molar-refractivity contribution < 1.29 is 9.53 Å². The predicted octanol–water partition coefficient (Wildman–Crippen LogP) is 5.42. The van der Waals surface area contributed by atoms with Gasteiger partial charge in [-0.05, 0) is 28.0 Å². The van der Waals surface area contributed by atoms with E-state index in [0.717, 1.165) is 25.6 Å². The number of ether oxygens (including phenoxy) is 1. The second-order valence-corrected chi connectivity index (χ2v) is 11.6. The van der Waals surface area contributed by atoms with Gasteiger partial charge < -0.3 is 4.74 Å². The zero-order chi connectivity index (χ0) is 21.5. The second-order valence-electron chi connectivity index (χ2n) is 6.95. The molecular formula is C27H23O2PS. The summed E-state index contributed by atoms with van der Waals surface area (Å²) >= 11 is 1.53. The molecule has 0 spiro atoms. The van der Waals surface area contributed by atoms with Crippen molar-refractivity contribution in [1.29, 1.82) is 0 Å². The van der Waals surface area contributed by atoms with Gasteiger partial charge in [-0.2, -0.15) is 0 Å². The van der Waals surface area contributed by atoms with E-state index >= 15 is 0 Å². The molecule has 154 valence electrons. The second kappa shape index (κ2) is 9.87. The molecule has 0 bridgehead atoms. The Morgan fingerprint density at radius 2 is 0.968 bits per heavy atom. The molecule has 0 aromatic heterocycles. The minimum atomic E-state index is -2.45. The summed E-state index contributed by atoms with van der Waals surface area (Å²) in [5.41, 5.74) is 0. The Bertz CT molecular complexity index is 1090. The van der Waals surface area contributed by atoms with Gasteiger partial charge in [-0.3, -0.25) is 4.79 Å². The van der Waals surface area contributed by atoms with Gasteiger partial charge in [-0.25, -0.2) is 0 Å². The Morgan fingerprint density at radius 1 is 0.613 bits per heavy atom. The van der Waals surface area contributed by atoms with E-state index in [0.29, 0.717) is 0 Å². The molecule has 2 nitrogen and oxygen atoms in total. The lowest BCUT2D eigenvalue weighted by atomic mass is 10.4. The molecule has 0 unspecified atom stereocenters. The first-order valence-corrected chi connectivity index (χ1v) is 12.7. The van der Waals surface area contributed by atoms with Crippen LogP contribution in [0, 0.1) is 0 Å². The van der Waals surface area contributed by atoms with Crippen molar-refractivity contribution in [3.63, 3.8) is 0 Å². The summed E-state index contributed by atoms with van der Waals surface area (Å²) in [5, 5.41) is 3.44. The molecule has 0 saturated carbocycles. The van der Waals surface area contributed by atoms with E-state index in [2.05, 4.69) is 72.8 Å². The largest absolute Gasteiger partial charge is 0.418 e. The average Bonchev–Trinajstić information content (AvgIpc) is 2.82. The Balaban J connectivity index is 2.16.